The standard InChI is InChI=1S/C10H9F3N2O/c1-6-8(5-16)15-4-7(10(11,12)13)2-3-9(15)14-6/h2-4,16H,5H2,1H3. The van der Waals surface area contributed by atoms with Crippen LogP contribution in [-0.4, -0.2) is 14.5 Å². The number of nitrogens with zero attached hydrogens (tertiary/aromatic N) is 2. The van der Waals surface area contributed by atoms with Gasteiger partial charge in [0.2, 0.25) is 0 Å². The summed E-state index contributed by atoms with van der Waals surface area (Å²) in [5.74, 6) is 0. The van der Waals surface area contributed by atoms with Gasteiger partial charge in [0.05, 0.1) is 23.6 Å². The van der Waals surface area contributed by atoms with Gasteiger partial charge >= 0.3 is 6.18 Å². The predicted octanol–water partition coefficient (Wildman–Crippen LogP) is 2.15. The summed E-state index contributed by atoms with van der Waals surface area (Å²) < 4.78 is 38.6. The zero-order chi connectivity index (χ0) is 11.9. The maximum Gasteiger partial charge on any atom is 0.417 e. The number of fused-ring (bicyclic) bond motifs is 1. The van der Waals surface area contributed by atoms with Crippen LogP contribution < -0.4 is 0 Å². The van der Waals surface area contributed by atoms with E-state index in [-0.39, 0.29) is 6.61 Å². The molecule has 0 amide bonds. The first-order valence-electron chi connectivity index (χ1n) is 4.59. The van der Waals surface area contributed by atoms with Crippen LogP contribution >= 0.6 is 0 Å². The number of hydrogen-bond donors (Lipinski definition) is 1. The molecule has 0 saturated carbocycles. The fourth-order valence-electron chi connectivity index (χ4n) is 1.57. The van der Waals surface area contributed by atoms with Gasteiger partial charge in [0, 0.05) is 6.20 Å². The van der Waals surface area contributed by atoms with Crippen LogP contribution in [0.3, 0.4) is 0 Å². The number of hydrogen-bond acceptors (Lipinski definition) is 2. The van der Waals surface area contributed by atoms with E-state index in [9.17, 15) is 13.2 Å². The Labute approximate surface area is 89.2 Å². The normalized spacial score (nSPS) is 12.3. The first kappa shape index (κ1) is 10.9. The lowest BCUT2D eigenvalue weighted by Gasteiger charge is -2.07. The third-order valence-electron chi connectivity index (χ3n) is 2.39. The minimum Gasteiger partial charge on any atom is -0.390 e. The molecule has 0 saturated heterocycles. The summed E-state index contributed by atoms with van der Waals surface area (Å²) >= 11 is 0. The van der Waals surface area contributed by atoms with Crippen molar-refractivity contribution in [2.75, 3.05) is 0 Å². The van der Waals surface area contributed by atoms with E-state index >= 15 is 0 Å². The number of aliphatic hydroxyl groups excluding tert-OH is 1. The van der Waals surface area contributed by atoms with Crippen LogP contribution in [0.15, 0.2) is 18.3 Å². The average Bonchev–Trinajstić information content (AvgIpc) is 2.50. The van der Waals surface area contributed by atoms with Crippen molar-refractivity contribution in [1.29, 1.82) is 0 Å². The van der Waals surface area contributed by atoms with E-state index < -0.39 is 11.7 Å². The third-order valence-corrected chi connectivity index (χ3v) is 2.39. The third kappa shape index (κ3) is 1.65. The maximum absolute atomic E-state index is 12.5. The number of aliphatic hydroxyl groups is 1. The molecule has 6 heteroatoms. The Morgan fingerprint density at radius 3 is 2.62 bits per heavy atom. The van der Waals surface area contributed by atoms with Gasteiger partial charge < -0.3 is 9.51 Å². The number of pyridine rings is 1. The van der Waals surface area contributed by atoms with Crippen molar-refractivity contribution in [2.24, 2.45) is 0 Å². The van der Waals surface area contributed by atoms with Gasteiger partial charge in [0.25, 0.3) is 0 Å². The second-order valence-corrected chi connectivity index (χ2v) is 3.45. The Morgan fingerprint density at radius 2 is 2.06 bits per heavy atom. The Morgan fingerprint density at radius 1 is 1.38 bits per heavy atom. The molecule has 3 nitrogen and oxygen atoms in total. The zero-order valence-corrected chi connectivity index (χ0v) is 8.41. The molecule has 0 radical (unpaired) electrons. The van der Waals surface area contributed by atoms with Crippen molar-refractivity contribution in [1.82, 2.24) is 9.38 Å². The highest BCUT2D eigenvalue weighted by Gasteiger charge is 2.31. The summed E-state index contributed by atoms with van der Waals surface area (Å²) in [6.07, 6.45) is -3.44. The summed E-state index contributed by atoms with van der Waals surface area (Å²) in [4.78, 5) is 4.04. The molecular weight excluding hydrogens is 221 g/mol. The minimum absolute atomic E-state index is 0.339. The number of imidazole rings is 1. The molecule has 2 aromatic rings. The molecule has 0 aliphatic carbocycles. The van der Waals surface area contributed by atoms with Crippen LogP contribution in [0, 0.1) is 6.92 Å². The molecule has 2 heterocycles. The highest BCUT2D eigenvalue weighted by molar-refractivity contribution is 5.44. The molecule has 0 spiro atoms. The first-order valence-corrected chi connectivity index (χ1v) is 4.59. The van der Waals surface area contributed by atoms with Crippen LogP contribution in [0.1, 0.15) is 17.0 Å². The summed E-state index contributed by atoms with van der Waals surface area (Å²) in [7, 11) is 0. The van der Waals surface area contributed by atoms with Crippen LogP contribution in [0.5, 0.6) is 0 Å². The van der Waals surface area contributed by atoms with Crippen LogP contribution in [-0.2, 0) is 12.8 Å². The molecule has 0 aliphatic heterocycles. The summed E-state index contributed by atoms with van der Waals surface area (Å²) in [5.41, 5.74) is 0.546. The van der Waals surface area contributed by atoms with E-state index in [0.29, 0.717) is 17.0 Å². The smallest absolute Gasteiger partial charge is 0.390 e. The van der Waals surface area contributed by atoms with Crippen molar-refractivity contribution in [3.8, 4) is 0 Å². The Kier molecular flexibility index (Phi) is 2.38. The van der Waals surface area contributed by atoms with Crippen LogP contribution in [0.4, 0.5) is 13.2 Å². The van der Waals surface area contributed by atoms with Gasteiger partial charge in [-0.05, 0) is 19.1 Å². The maximum atomic E-state index is 12.5. The second kappa shape index (κ2) is 3.48. The van der Waals surface area contributed by atoms with E-state index in [4.69, 9.17) is 5.11 Å². The molecule has 2 aromatic heterocycles. The van der Waals surface area contributed by atoms with Crippen LogP contribution in [0.25, 0.3) is 5.65 Å². The van der Waals surface area contributed by atoms with E-state index in [2.05, 4.69) is 4.98 Å². The molecule has 16 heavy (non-hydrogen) atoms. The van der Waals surface area contributed by atoms with Crippen molar-refractivity contribution >= 4 is 5.65 Å². The molecule has 0 fully saturated rings. The Bertz CT molecular complexity index is 531. The quantitative estimate of drug-likeness (QED) is 0.815. The molecule has 0 bridgehead atoms. The summed E-state index contributed by atoms with van der Waals surface area (Å²) in [5, 5.41) is 9.06. The molecule has 1 N–H and O–H groups in total. The lowest BCUT2D eigenvalue weighted by atomic mass is 10.2. The van der Waals surface area contributed by atoms with E-state index in [1.165, 1.54) is 10.5 Å². The van der Waals surface area contributed by atoms with Crippen molar-refractivity contribution < 1.29 is 18.3 Å². The van der Waals surface area contributed by atoms with Crippen LogP contribution in [0.2, 0.25) is 0 Å². The van der Waals surface area contributed by atoms with Crippen molar-refractivity contribution in [3.05, 3.63) is 35.3 Å². The number of aryl methyl sites for hydroxylation is 1. The van der Waals surface area contributed by atoms with Gasteiger partial charge in [-0.1, -0.05) is 0 Å². The minimum atomic E-state index is -4.39. The second-order valence-electron chi connectivity index (χ2n) is 3.45. The van der Waals surface area contributed by atoms with Gasteiger partial charge in [0.1, 0.15) is 5.65 Å². The van der Waals surface area contributed by atoms with Gasteiger partial charge in [-0.3, -0.25) is 0 Å². The monoisotopic (exact) mass is 230 g/mol. The van der Waals surface area contributed by atoms with Crippen molar-refractivity contribution in [3.63, 3.8) is 0 Å². The van der Waals surface area contributed by atoms with Gasteiger partial charge in [-0.2, -0.15) is 13.2 Å². The van der Waals surface area contributed by atoms with Gasteiger partial charge in [-0.15, -0.1) is 0 Å². The van der Waals surface area contributed by atoms with Crippen molar-refractivity contribution in [2.45, 2.75) is 19.7 Å². The number of alkyl halides is 3. The fourth-order valence-corrected chi connectivity index (χ4v) is 1.57. The van der Waals surface area contributed by atoms with Gasteiger partial charge in [-0.25, -0.2) is 4.98 Å². The molecular formula is C10H9F3N2O. The largest absolute Gasteiger partial charge is 0.417 e. The molecule has 2 rings (SSSR count). The zero-order valence-electron chi connectivity index (χ0n) is 8.41. The molecule has 0 aromatic carbocycles. The SMILES string of the molecule is Cc1nc2ccc(C(F)(F)F)cn2c1CO. The first-order chi connectivity index (χ1) is 7.43. The lowest BCUT2D eigenvalue weighted by Crippen LogP contribution is -2.07. The summed E-state index contributed by atoms with van der Waals surface area (Å²) in [6.45, 7) is 1.31. The highest BCUT2D eigenvalue weighted by Crippen LogP contribution is 2.29. The number of halogens is 3. The molecule has 86 valence electrons. The van der Waals surface area contributed by atoms with E-state index in [1.54, 1.807) is 6.92 Å². The fraction of sp³-hybridized carbons (Fsp3) is 0.300. The van der Waals surface area contributed by atoms with E-state index in [1.807, 2.05) is 0 Å². The topological polar surface area (TPSA) is 37.5 Å². The highest BCUT2D eigenvalue weighted by atomic mass is 19.4. The molecule has 0 unspecified atom stereocenters. The Hall–Kier alpha value is -1.56. The predicted molar refractivity (Wildman–Crippen MR) is 50.9 cm³/mol. The van der Waals surface area contributed by atoms with E-state index in [0.717, 1.165) is 12.3 Å². The number of rotatable bonds is 1. The number of aromatic nitrogens is 2. The average molecular weight is 230 g/mol. The lowest BCUT2D eigenvalue weighted by molar-refractivity contribution is -0.137. The molecule has 0 atom stereocenters. The Balaban J connectivity index is 2.69. The van der Waals surface area contributed by atoms with Gasteiger partial charge in [0.15, 0.2) is 0 Å². The summed E-state index contributed by atoms with van der Waals surface area (Å²) in [6, 6.07) is 2.26. The molecule has 0 aliphatic rings.